The number of benzene rings is 2. The highest BCUT2D eigenvalue weighted by Crippen LogP contribution is 2.25. The second-order valence-corrected chi connectivity index (χ2v) is 6.19. The van der Waals surface area contributed by atoms with Crippen molar-refractivity contribution in [1.29, 1.82) is 0 Å². The number of para-hydroxylation sites is 2. The average molecular weight is 396 g/mol. The minimum absolute atomic E-state index is 0.251. The number of halogens is 1. The molecule has 0 fully saturated rings. The number of hydrogen-bond acceptors (Lipinski definition) is 5. The van der Waals surface area contributed by atoms with Crippen molar-refractivity contribution in [3.63, 3.8) is 0 Å². The lowest BCUT2D eigenvalue weighted by molar-refractivity contribution is 0.0527. The lowest BCUT2D eigenvalue weighted by atomic mass is 10.1. The highest BCUT2D eigenvalue weighted by molar-refractivity contribution is 6.33. The standard InChI is InChI=1S/C21H18ClN3O3/c1-2-28-21(27)16-7-3-5-9-18(16)25-20(26)14-11-15(13-23-12-14)24-19-10-6-4-8-17(19)22/h3-13,24H,2H2,1H3,(H,25,26). The molecule has 0 saturated heterocycles. The van der Waals surface area contributed by atoms with Crippen LogP contribution in [0.5, 0.6) is 0 Å². The Bertz CT molecular complexity index is 1010. The van der Waals surface area contributed by atoms with Crippen LogP contribution in [-0.4, -0.2) is 23.5 Å². The first-order chi connectivity index (χ1) is 13.6. The SMILES string of the molecule is CCOC(=O)c1ccccc1NC(=O)c1cncc(Nc2ccccc2Cl)c1. The molecule has 3 aromatic rings. The Kier molecular flexibility index (Phi) is 6.24. The van der Waals surface area contributed by atoms with E-state index in [0.29, 0.717) is 27.6 Å². The van der Waals surface area contributed by atoms with Crippen molar-refractivity contribution in [2.75, 3.05) is 17.2 Å². The van der Waals surface area contributed by atoms with Gasteiger partial charge in [0, 0.05) is 6.20 Å². The Hall–Kier alpha value is -3.38. The quantitative estimate of drug-likeness (QED) is 0.580. The number of carbonyl (C=O) groups is 2. The molecular weight excluding hydrogens is 378 g/mol. The molecule has 0 unspecified atom stereocenters. The van der Waals surface area contributed by atoms with Gasteiger partial charge >= 0.3 is 5.97 Å². The fourth-order valence-electron chi connectivity index (χ4n) is 2.52. The number of esters is 1. The molecule has 2 N–H and O–H groups in total. The number of carbonyl (C=O) groups excluding carboxylic acids is 2. The summed E-state index contributed by atoms with van der Waals surface area (Å²) in [6.07, 6.45) is 3.03. The van der Waals surface area contributed by atoms with Gasteiger partial charge in [-0.15, -0.1) is 0 Å². The van der Waals surface area contributed by atoms with E-state index in [1.54, 1.807) is 49.5 Å². The number of pyridine rings is 1. The van der Waals surface area contributed by atoms with Crippen molar-refractivity contribution in [3.8, 4) is 0 Å². The van der Waals surface area contributed by atoms with Gasteiger partial charge in [-0.1, -0.05) is 35.9 Å². The summed E-state index contributed by atoms with van der Waals surface area (Å²) in [7, 11) is 0. The average Bonchev–Trinajstić information content (AvgIpc) is 2.70. The Morgan fingerprint density at radius 1 is 1.04 bits per heavy atom. The maximum absolute atomic E-state index is 12.7. The summed E-state index contributed by atoms with van der Waals surface area (Å²) in [6.45, 7) is 1.98. The first-order valence-corrected chi connectivity index (χ1v) is 9.00. The van der Waals surface area contributed by atoms with E-state index in [9.17, 15) is 9.59 Å². The number of ether oxygens (including phenoxy) is 1. The van der Waals surface area contributed by atoms with Gasteiger partial charge in [0.05, 0.1) is 46.0 Å². The molecule has 1 heterocycles. The van der Waals surface area contributed by atoms with Gasteiger partial charge in [0.1, 0.15) is 0 Å². The van der Waals surface area contributed by atoms with E-state index in [2.05, 4.69) is 15.6 Å². The molecule has 3 rings (SSSR count). The van der Waals surface area contributed by atoms with Gasteiger partial charge in [-0.25, -0.2) is 4.79 Å². The van der Waals surface area contributed by atoms with E-state index in [-0.39, 0.29) is 12.2 Å². The largest absolute Gasteiger partial charge is 0.462 e. The summed E-state index contributed by atoms with van der Waals surface area (Å²) in [5, 5.41) is 6.42. The summed E-state index contributed by atoms with van der Waals surface area (Å²) in [4.78, 5) is 28.8. The predicted molar refractivity (Wildman–Crippen MR) is 109 cm³/mol. The van der Waals surface area contributed by atoms with Crippen LogP contribution in [0.25, 0.3) is 0 Å². The minimum Gasteiger partial charge on any atom is -0.462 e. The topological polar surface area (TPSA) is 80.3 Å². The van der Waals surface area contributed by atoms with Crippen LogP contribution < -0.4 is 10.6 Å². The van der Waals surface area contributed by atoms with Crippen LogP contribution >= 0.6 is 11.6 Å². The molecule has 0 bridgehead atoms. The molecule has 0 aliphatic rings. The van der Waals surface area contributed by atoms with Crippen LogP contribution in [0.1, 0.15) is 27.6 Å². The number of nitrogens with zero attached hydrogens (tertiary/aromatic N) is 1. The molecule has 1 amide bonds. The van der Waals surface area contributed by atoms with Crippen molar-refractivity contribution in [2.24, 2.45) is 0 Å². The highest BCUT2D eigenvalue weighted by Gasteiger charge is 2.15. The second kappa shape index (κ2) is 9.01. The van der Waals surface area contributed by atoms with Gasteiger partial charge in [0.25, 0.3) is 5.91 Å². The molecule has 0 spiro atoms. The monoisotopic (exact) mass is 395 g/mol. The zero-order valence-electron chi connectivity index (χ0n) is 15.1. The first kappa shape index (κ1) is 19.4. The fraction of sp³-hybridized carbons (Fsp3) is 0.0952. The van der Waals surface area contributed by atoms with Crippen LogP contribution in [0.3, 0.4) is 0 Å². The number of aromatic nitrogens is 1. The molecule has 0 aliphatic carbocycles. The maximum Gasteiger partial charge on any atom is 0.340 e. The Morgan fingerprint density at radius 2 is 1.75 bits per heavy atom. The number of amides is 1. The van der Waals surface area contributed by atoms with Crippen molar-refractivity contribution in [3.05, 3.63) is 83.1 Å². The molecule has 0 radical (unpaired) electrons. The van der Waals surface area contributed by atoms with E-state index in [1.165, 1.54) is 6.20 Å². The molecule has 7 heteroatoms. The molecule has 0 atom stereocenters. The molecular formula is C21H18ClN3O3. The Balaban J connectivity index is 1.79. The summed E-state index contributed by atoms with van der Waals surface area (Å²) in [5.41, 5.74) is 2.30. The molecule has 28 heavy (non-hydrogen) atoms. The normalized spacial score (nSPS) is 10.2. The number of hydrogen-bond donors (Lipinski definition) is 2. The van der Waals surface area contributed by atoms with E-state index >= 15 is 0 Å². The fourth-order valence-corrected chi connectivity index (χ4v) is 2.71. The number of nitrogens with one attached hydrogen (secondary N) is 2. The summed E-state index contributed by atoms with van der Waals surface area (Å²) >= 11 is 6.15. The number of anilines is 3. The molecule has 6 nitrogen and oxygen atoms in total. The zero-order chi connectivity index (χ0) is 19.9. The van der Waals surface area contributed by atoms with Crippen LogP contribution in [0.2, 0.25) is 5.02 Å². The van der Waals surface area contributed by atoms with Crippen LogP contribution in [-0.2, 0) is 4.74 Å². The third-order valence-electron chi connectivity index (χ3n) is 3.82. The van der Waals surface area contributed by atoms with Crippen molar-refractivity contribution in [2.45, 2.75) is 6.92 Å². The molecule has 1 aromatic heterocycles. The minimum atomic E-state index is -0.495. The second-order valence-electron chi connectivity index (χ2n) is 5.79. The highest BCUT2D eigenvalue weighted by atomic mass is 35.5. The Labute approximate surface area is 167 Å². The lowest BCUT2D eigenvalue weighted by Crippen LogP contribution is -2.16. The van der Waals surface area contributed by atoms with Gasteiger partial charge < -0.3 is 15.4 Å². The van der Waals surface area contributed by atoms with Gasteiger partial charge in [-0.05, 0) is 37.3 Å². The van der Waals surface area contributed by atoms with Crippen molar-refractivity contribution < 1.29 is 14.3 Å². The van der Waals surface area contributed by atoms with E-state index in [4.69, 9.17) is 16.3 Å². The third-order valence-corrected chi connectivity index (χ3v) is 4.15. The van der Waals surface area contributed by atoms with Crippen LogP contribution in [0.15, 0.2) is 67.0 Å². The smallest absolute Gasteiger partial charge is 0.340 e. The van der Waals surface area contributed by atoms with Gasteiger partial charge in [0.2, 0.25) is 0 Å². The summed E-state index contributed by atoms with van der Waals surface area (Å²) < 4.78 is 5.03. The van der Waals surface area contributed by atoms with Crippen LogP contribution in [0, 0.1) is 0 Å². The maximum atomic E-state index is 12.7. The summed E-state index contributed by atoms with van der Waals surface area (Å²) in [5.74, 6) is -0.891. The van der Waals surface area contributed by atoms with Gasteiger partial charge in [-0.3, -0.25) is 9.78 Å². The van der Waals surface area contributed by atoms with E-state index in [0.717, 1.165) is 0 Å². The predicted octanol–water partition coefficient (Wildman–Crippen LogP) is 4.91. The molecule has 0 saturated carbocycles. The lowest BCUT2D eigenvalue weighted by Gasteiger charge is -2.11. The molecule has 0 aliphatic heterocycles. The zero-order valence-corrected chi connectivity index (χ0v) is 15.9. The van der Waals surface area contributed by atoms with Gasteiger partial charge in [0.15, 0.2) is 0 Å². The first-order valence-electron chi connectivity index (χ1n) is 8.62. The molecule has 2 aromatic carbocycles. The van der Waals surface area contributed by atoms with Crippen LogP contribution in [0.4, 0.5) is 17.1 Å². The number of rotatable bonds is 6. The van der Waals surface area contributed by atoms with Crippen molar-refractivity contribution in [1.82, 2.24) is 4.98 Å². The van der Waals surface area contributed by atoms with Crippen molar-refractivity contribution >= 4 is 40.5 Å². The summed E-state index contributed by atoms with van der Waals surface area (Å²) in [6, 6.07) is 15.6. The molecule has 142 valence electrons. The van der Waals surface area contributed by atoms with Gasteiger partial charge in [-0.2, -0.15) is 0 Å². The third kappa shape index (κ3) is 4.66. The Morgan fingerprint density at radius 3 is 2.50 bits per heavy atom. The van der Waals surface area contributed by atoms with E-state index < -0.39 is 11.9 Å². The van der Waals surface area contributed by atoms with E-state index in [1.807, 2.05) is 18.2 Å².